The van der Waals surface area contributed by atoms with Gasteiger partial charge in [-0.25, -0.2) is 0 Å². The van der Waals surface area contributed by atoms with Gasteiger partial charge >= 0.3 is 0 Å². The Morgan fingerprint density at radius 3 is 0.867 bits per heavy atom. The van der Waals surface area contributed by atoms with Gasteiger partial charge in [0.1, 0.15) is 0 Å². The van der Waals surface area contributed by atoms with Gasteiger partial charge < -0.3 is 16.0 Å². The van der Waals surface area contributed by atoms with Crippen LogP contribution in [0.1, 0.15) is 93.4 Å². The number of hydrogen-bond acceptors (Lipinski definition) is 3. The third kappa shape index (κ3) is 7.47. The standard InChI is InChI=1S/C24H39N3O3/c1-13(2)16(7)25-22(28)19-10-20(23(29)26-17(8)14(3)4)12-21(11-19)24(30)27-18(9)15(5)6/h10-18H,1-9H3,(H,25,28)(H,26,29)(H,27,30). The first-order valence-corrected chi connectivity index (χ1v) is 10.9. The van der Waals surface area contributed by atoms with Crippen molar-refractivity contribution in [2.45, 2.75) is 80.4 Å². The van der Waals surface area contributed by atoms with E-state index in [1.165, 1.54) is 0 Å². The number of hydrogen-bond donors (Lipinski definition) is 3. The Kier molecular flexibility index (Phi) is 9.53. The minimum Gasteiger partial charge on any atom is -0.349 e. The number of amides is 3. The fraction of sp³-hybridized carbons (Fsp3) is 0.625. The van der Waals surface area contributed by atoms with Crippen LogP contribution in [0.2, 0.25) is 0 Å². The van der Waals surface area contributed by atoms with Crippen LogP contribution in [0.25, 0.3) is 0 Å². The largest absolute Gasteiger partial charge is 0.349 e. The average Bonchev–Trinajstić information content (AvgIpc) is 2.66. The van der Waals surface area contributed by atoms with Crippen LogP contribution in [0, 0.1) is 17.8 Å². The van der Waals surface area contributed by atoms with Crippen molar-refractivity contribution in [1.29, 1.82) is 0 Å². The first kappa shape index (κ1) is 25.7. The molecule has 6 nitrogen and oxygen atoms in total. The second kappa shape index (κ2) is 11.1. The van der Waals surface area contributed by atoms with Crippen molar-refractivity contribution in [3.8, 4) is 0 Å². The van der Waals surface area contributed by atoms with Crippen LogP contribution < -0.4 is 16.0 Å². The van der Waals surface area contributed by atoms with Crippen LogP contribution in [0.3, 0.4) is 0 Å². The van der Waals surface area contributed by atoms with Crippen molar-refractivity contribution >= 4 is 17.7 Å². The molecule has 1 rings (SSSR count). The first-order valence-electron chi connectivity index (χ1n) is 10.9. The molecular weight excluding hydrogens is 378 g/mol. The second-order valence-corrected chi connectivity index (χ2v) is 9.32. The van der Waals surface area contributed by atoms with Gasteiger partial charge in [0.05, 0.1) is 0 Å². The lowest BCUT2D eigenvalue weighted by Gasteiger charge is -2.20. The van der Waals surface area contributed by atoms with Gasteiger partial charge in [-0.05, 0) is 56.7 Å². The Balaban J connectivity index is 3.28. The van der Waals surface area contributed by atoms with E-state index in [4.69, 9.17) is 0 Å². The quantitative estimate of drug-likeness (QED) is 0.567. The Labute approximate surface area is 181 Å². The van der Waals surface area contributed by atoms with Gasteiger partial charge in [-0.15, -0.1) is 0 Å². The second-order valence-electron chi connectivity index (χ2n) is 9.32. The maximum Gasteiger partial charge on any atom is 0.251 e. The van der Waals surface area contributed by atoms with E-state index >= 15 is 0 Å². The summed E-state index contributed by atoms with van der Waals surface area (Å²) >= 11 is 0. The Bertz CT molecular complexity index is 644. The number of carbonyl (C=O) groups is 3. The fourth-order valence-corrected chi connectivity index (χ4v) is 2.39. The number of rotatable bonds is 9. The third-order valence-corrected chi connectivity index (χ3v) is 5.80. The summed E-state index contributed by atoms with van der Waals surface area (Å²) in [5.74, 6) is -0.0953. The molecule has 168 valence electrons. The van der Waals surface area contributed by atoms with E-state index in [2.05, 4.69) is 16.0 Å². The molecule has 1 aromatic carbocycles. The Morgan fingerprint density at radius 2 is 0.700 bits per heavy atom. The minimum absolute atomic E-state index is 0.0332. The lowest BCUT2D eigenvalue weighted by molar-refractivity contribution is 0.0930. The zero-order chi connectivity index (χ0) is 23.2. The van der Waals surface area contributed by atoms with E-state index in [0.717, 1.165) is 0 Å². The summed E-state index contributed by atoms with van der Waals surface area (Å²) in [5, 5.41) is 8.83. The number of nitrogens with one attached hydrogen (secondary N) is 3. The average molecular weight is 418 g/mol. The maximum atomic E-state index is 12.8. The molecule has 3 atom stereocenters. The maximum absolute atomic E-state index is 12.8. The van der Waals surface area contributed by atoms with E-state index < -0.39 is 0 Å². The lowest BCUT2D eigenvalue weighted by Crippen LogP contribution is -2.38. The number of benzene rings is 1. The monoisotopic (exact) mass is 417 g/mol. The molecule has 30 heavy (non-hydrogen) atoms. The summed E-state index contributed by atoms with van der Waals surface area (Å²) in [6, 6.07) is 4.55. The van der Waals surface area contributed by atoms with Crippen LogP contribution in [-0.2, 0) is 0 Å². The van der Waals surface area contributed by atoms with Crippen LogP contribution in [0.5, 0.6) is 0 Å². The Hall–Kier alpha value is -2.37. The van der Waals surface area contributed by atoms with E-state index in [-0.39, 0.29) is 53.6 Å². The molecule has 0 saturated carbocycles. The molecule has 0 fully saturated rings. The lowest BCUT2D eigenvalue weighted by atomic mass is 10.0. The molecule has 0 aliphatic carbocycles. The van der Waals surface area contributed by atoms with E-state index in [1.807, 2.05) is 62.3 Å². The zero-order valence-electron chi connectivity index (χ0n) is 19.9. The molecule has 0 heterocycles. The molecule has 3 N–H and O–H groups in total. The summed E-state index contributed by atoms with van der Waals surface area (Å²) in [6.45, 7) is 17.9. The highest BCUT2D eigenvalue weighted by Crippen LogP contribution is 2.14. The third-order valence-electron chi connectivity index (χ3n) is 5.80. The van der Waals surface area contributed by atoms with Crippen LogP contribution in [-0.4, -0.2) is 35.8 Å². The summed E-state index contributed by atoms with van der Waals surface area (Å²) < 4.78 is 0. The van der Waals surface area contributed by atoms with E-state index in [1.54, 1.807) is 18.2 Å². The normalized spacial score (nSPS) is 14.4. The van der Waals surface area contributed by atoms with E-state index in [0.29, 0.717) is 16.7 Å². The summed E-state index contributed by atoms with van der Waals surface area (Å²) in [5.41, 5.74) is 0.902. The molecule has 1 aromatic rings. The molecule has 0 aliphatic heterocycles. The molecule has 3 amide bonds. The van der Waals surface area contributed by atoms with Gasteiger partial charge in [0, 0.05) is 34.8 Å². The topological polar surface area (TPSA) is 87.3 Å². The van der Waals surface area contributed by atoms with Crippen molar-refractivity contribution in [1.82, 2.24) is 16.0 Å². The van der Waals surface area contributed by atoms with Crippen LogP contribution >= 0.6 is 0 Å². The van der Waals surface area contributed by atoms with Crippen molar-refractivity contribution in [3.63, 3.8) is 0 Å². The van der Waals surface area contributed by atoms with Crippen molar-refractivity contribution in [2.75, 3.05) is 0 Å². The van der Waals surface area contributed by atoms with Crippen molar-refractivity contribution in [2.24, 2.45) is 17.8 Å². The van der Waals surface area contributed by atoms with Crippen molar-refractivity contribution < 1.29 is 14.4 Å². The number of carbonyl (C=O) groups excluding carboxylic acids is 3. The van der Waals surface area contributed by atoms with Gasteiger partial charge in [0.15, 0.2) is 0 Å². The molecule has 0 radical (unpaired) electrons. The van der Waals surface area contributed by atoms with Gasteiger partial charge in [-0.1, -0.05) is 41.5 Å². The molecule has 0 bridgehead atoms. The van der Waals surface area contributed by atoms with Crippen LogP contribution in [0.15, 0.2) is 18.2 Å². The predicted octanol–water partition coefficient (Wildman–Crippen LogP) is 4.01. The predicted molar refractivity (Wildman–Crippen MR) is 122 cm³/mol. The zero-order valence-corrected chi connectivity index (χ0v) is 19.9. The van der Waals surface area contributed by atoms with Gasteiger partial charge in [-0.2, -0.15) is 0 Å². The highest BCUT2D eigenvalue weighted by atomic mass is 16.2. The SMILES string of the molecule is CC(C)C(C)NC(=O)c1cc(C(=O)NC(C)C(C)C)cc(C(=O)NC(C)C(C)C)c1. The molecular formula is C24H39N3O3. The molecule has 0 saturated heterocycles. The summed E-state index contributed by atoms with van der Waals surface area (Å²) in [6.07, 6.45) is 0. The fourth-order valence-electron chi connectivity index (χ4n) is 2.39. The van der Waals surface area contributed by atoms with Gasteiger partial charge in [0.25, 0.3) is 17.7 Å². The van der Waals surface area contributed by atoms with Crippen LogP contribution in [0.4, 0.5) is 0 Å². The first-order chi connectivity index (χ1) is 13.8. The van der Waals surface area contributed by atoms with Gasteiger partial charge in [-0.3, -0.25) is 14.4 Å². The van der Waals surface area contributed by atoms with E-state index in [9.17, 15) is 14.4 Å². The smallest absolute Gasteiger partial charge is 0.251 e. The molecule has 0 aromatic heterocycles. The van der Waals surface area contributed by atoms with Gasteiger partial charge in [0.2, 0.25) is 0 Å². The Morgan fingerprint density at radius 1 is 0.500 bits per heavy atom. The summed E-state index contributed by atoms with van der Waals surface area (Å²) in [7, 11) is 0. The molecule has 0 spiro atoms. The minimum atomic E-state index is -0.297. The molecule has 0 aliphatic rings. The highest BCUT2D eigenvalue weighted by Gasteiger charge is 2.21. The molecule has 6 heteroatoms. The summed E-state index contributed by atoms with van der Waals surface area (Å²) in [4.78, 5) is 38.4. The molecule has 3 unspecified atom stereocenters. The van der Waals surface area contributed by atoms with Crippen molar-refractivity contribution in [3.05, 3.63) is 34.9 Å². The highest BCUT2D eigenvalue weighted by molar-refractivity contribution is 6.04.